The largest absolute Gasteiger partial charge is 0.296 e. The second kappa shape index (κ2) is 11.5. The number of para-hydroxylation sites is 3. The molecule has 0 spiro atoms. The minimum absolute atomic E-state index is 0.857. The fourth-order valence-electron chi connectivity index (χ4n) is 7.94. The van der Waals surface area contributed by atoms with E-state index >= 15 is 0 Å². The van der Waals surface area contributed by atoms with Crippen molar-refractivity contribution in [2.45, 2.75) is 13.3 Å². The first-order chi connectivity index (χ1) is 24.8. The van der Waals surface area contributed by atoms with E-state index in [4.69, 9.17) is 4.98 Å². The van der Waals surface area contributed by atoms with Gasteiger partial charge in [0, 0.05) is 32.2 Å². The van der Waals surface area contributed by atoms with Crippen LogP contribution in [0.3, 0.4) is 0 Å². The van der Waals surface area contributed by atoms with Gasteiger partial charge >= 0.3 is 0 Å². The summed E-state index contributed by atoms with van der Waals surface area (Å²) >= 11 is 1.87. The Morgan fingerprint density at radius 3 is 1.74 bits per heavy atom. The molecule has 0 aliphatic carbocycles. The predicted molar refractivity (Wildman–Crippen MR) is 215 cm³/mol. The number of imidazole rings is 1. The molecule has 10 aromatic rings. The van der Waals surface area contributed by atoms with Crippen molar-refractivity contribution in [3.05, 3.63) is 170 Å². The zero-order chi connectivity index (χ0) is 33.2. The smallest absolute Gasteiger partial charge is 0.114 e. The highest BCUT2D eigenvalue weighted by Crippen LogP contribution is 2.45. The number of fused-ring (bicyclic) bond motifs is 6. The molecule has 0 N–H and O–H groups in total. The molecule has 2 nitrogen and oxygen atoms in total. The molecule has 0 saturated heterocycles. The number of hydrogen-bond donors (Lipinski definition) is 0. The molecule has 2 aromatic heterocycles. The highest BCUT2D eigenvalue weighted by molar-refractivity contribution is 7.25. The minimum atomic E-state index is 0.857. The fourth-order valence-corrected chi connectivity index (χ4v) is 9.03. The zero-order valence-electron chi connectivity index (χ0n) is 27.6. The Hall–Kier alpha value is -6.03. The van der Waals surface area contributed by atoms with E-state index in [9.17, 15) is 0 Å². The van der Waals surface area contributed by atoms with Crippen molar-refractivity contribution in [1.82, 2.24) is 9.55 Å². The highest BCUT2D eigenvalue weighted by atomic mass is 32.1. The first-order valence-corrected chi connectivity index (χ1v) is 18.1. The number of aryl methyl sites for hydroxylation is 1. The van der Waals surface area contributed by atoms with Crippen LogP contribution >= 0.6 is 11.3 Å². The second-order valence-electron chi connectivity index (χ2n) is 13.0. The molecule has 50 heavy (non-hydrogen) atoms. The van der Waals surface area contributed by atoms with E-state index in [2.05, 4.69) is 175 Å². The maximum atomic E-state index is 4.97. The van der Waals surface area contributed by atoms with Crippen LogP contribution in [-0.2, 0) is 6.42 Å². The Kier molecular flexibility index (Phi) is 6.68. The van der Waals surface area contributed by atoms with Crippen LogP contribution in [0.4, 0.5) is 0 Å². The van der Waals surface area contributed by atoms with Crippen molar-refractivity contribution in [3.8, 4) is 39.1 Å². The quantitative estimate of drug-likeness (QED) is 0.169. The van der Waals surface area contributed by atoms with Gasteiger partial charge in [-0.25, -0.2) is 4.98 Å². The summed E-state index contributed by atoms with van der Waals surface area (Å²) < 4.78 is 4.99. The summed E-state index contributed by atoms with van der Waals surface area (Å²) in [7, 11) is 0. The van der Waals surface area contributed by atoms with Crippen LogP contribution < -0.4 is 0 Å². The summed E-state index contributed by atoms with van der Waals surface area (Å²) in [6, 6.07) is 59.9. The average Bonchev–Trinajstić information content (AvgIpc) is 3.75. The molecule has 0 aliphatic rings. The lowest BCUT2D eigenvalue weighted by Crippen LogP contribution is -2.02. The Bertz CT molecular complexity index is 2850. The first-order valence-electron chi connectivity index (χ1n) is 17.3. The average molecular weight is 657 g/mol. The lowest BCUT2D eigenvalue weighted by molar-refractivity contribution is 0.909. The van der Waals surface area contributed by atoms with Crippen molar-refractivity contribution in [2.24, 2.45) is 0 Å². The number of aromatic nitrogens is 2. The van der Waals surface area contributed by atoms with Gasteiger partial charge in [0.2, 0.25) is 0 Å². The van der Waals surface area contributed by atoms with Gasteiger partial charge in [0.15, 0.2) is 0 Å². The lowest BCUT2D eigenvalue weighted by atomic mass is 9.85. The molecule has 0 amide bonds. The first kappa shape index (κ1) is 28.9. The fraction of sp³-hybridized carbons (Fsp3) is 0.0426. The van der Waals surface area contributed by atoms with E-state index in [0.29, 0.717) is 0 Å². The normalized spacial score (nSPS) is 11.8. The molecule has 0 atom stereocenters. The van der Waals surface area contributed by atoms with Crippen LogP contribution in [0.25, 0.3) is 91.8 Å². The van der Waals surface area contributed by atoms with E-state index in [1.54, 1.807) is 0 Å². The van der Waals surface area contributed by atoms with Crippen molar-refractivity contribution in [2.75, 3.05) is 0 Å². The van der Waals surface area contributed by atoms with Crippen molar-refractivity contribution in [3.63, 3.8) is 0 Å². The predicted octanol–water partition coefficient (Wildman–Crippen LogP) is 13.3. The van der Waals surface area contributed by atoms with Gasteiger partial charge in [-0.05, 0) is 85.8 Å². The zero-order valence-corrected chi connectivity index (χ0v) is 28.4. The molecular formula is C47H32N2S. The van der Waals surface area contributed by atoms with E-state index in [0.717, 1.165) is 29.0 Å². The standard InChI is InChI=1S/C47H32N2S/c1-2-45-48-40-19-9-11-21-42(40)49(45)41-20-10-7-13-33(41)30-23-25-31(26-24-30)46-35-15-3-5-17-37(35)47(38-18-6-4-16-36(38)46)32-27-28-44-39(29-32)34-14-8-12-22-43(34)50-44/h3-29H,2H2,1H3. The monoisotopic (exact) mass is 656 g/mol. The van der Waals surface area contributed by atoms with Gasteiger partial charge < -0.3 is 0 Å². The third-order valence-corrected chi connectivity index (χ3v) is 11.3. The maximum absolute atomic E-state index is 4.97. The molecule has 236 valence electrons. The van der Waals surface area contributed by atoms with Gasteiger partial charge in [0.05, 0.1) is 16.7 Å². The maximum Gasteiger partial charge on any atom is 0.114 e. The number of benzene rings is 8. The second-order valence-corrected chi connectivity index (χ2v) is 14.0. The number of rotatable bonds is 5. The molecule has 0 bridgehead atoms. The van der Waals surface area contributed by atoms with Gasteiger partial charge in [-0.2, -0.15) is 0 Å². The summed E-state index contributed by atoms with van der Waals surface area (Å²) in [6.07, 6.45) is 0.857. The van der Waals surface area contributed by atoms with Gasteiger partial charge in [0.1, 0.15) is 5.82 Å². The SMILES string of the molecule is CCc1nc2ccccc2n1-c1ccccc1-c1ccc(-c2c3ccccc3c(-c3ccc4sc5ccccc5c4c3)c3ccccc23)cc1. The molecule has 2 heterocycles. The van der Waals surface area contributed by atoms with E-state index < -0.39 is 0 Å². The Balaban J connectivity index is 1.15. The van der Waals surface area contributed by atoms with Crippen LogP contribution in [0.15, 0.2) is 164 Å². The Labute approximate surface area is 294 Å². The van der Waals surface area contributed by atoms with Crippen molar-refractivity contribution in [1.29, 1.82) is 0 Å². The summed E-state index contributed by atoms with van der Waals surface area (Å²) in [5.41, 5.74) is 10.7. The lowest BCUT2D eigenvalue weighted by Gasteiger charge is -2.18. The van der Waals surface area contributed by atoms with Gasteiger partial charge in [-0.15, -0.1) is 11.3 Å². The van der Waals surface area contributed by atoms with Crippen molar-refractivity contribution >= 4 is 64.1 Å². The Morgan fingerprint density at radius 1 is 0.480 bits per heavy atom. The number of nitrogens with zero attached hydrogens (tertiary/aromatic N) is 2. The molecule has 0 saturated carbocycles. The van der Waals surface area contributed by atoms with Gasteiger partial charge in [-0.3, -0.25) is 4.57 Å². The summed E-state index contributed by atoms with van der Waals surface area (Å²) in [5.74, 6) is 1.07. The van der Waals surface area contributed by atoms with Gasteiger partial charge in [0.25, 0.3) is 0 Å². The summed E-state index contributed by atoms with van der Waals surface area (Å²) in [5, 5.41) is 7.73. The Morgan fingerprint density at radius 2 is 1.02 bits per heavy atom. The summed E-state index contributed by atoms with van der Waals surface area (Å²) in [6.45, 7) is 2.18. The molecule has 10 rings (SSSR count). The molecule has 8 aromatic carbocycles. The van der Waals surface area contributed by atoms with Crippen LogP contribution in [0.1, 0.15) is 12.7 Å². The minimum Gasteiger partial charge on any atom is -0.296 e. The third kappa shape index (κ3) is 4.44. The topological polar surface area (TPSA) is 17.8 Å². The molecule has 0 unspecified atom stereocenters. The van der Waals surface area contributed by atoms with Crippen LogP contribution in [0, 0.1) is 0 Å². The molecular weight excluding hydrogens is 625 g/mol. The van der Waals surface area contributed by atoms with Crippen molar-refractivity contribution < 1.29 is 0 Å². The van der Waals surface area contributed by atoms with Crippen LogP contribution in [0.5, 0.6) is 0 Å². The van der Waals surface area contributed by atoms with Crippen LogP contribution in [-0.4, -0.2) is 9.55 Å². The van der Waals surface area contributed by atoms with E-state index in [1.165, 1.54) is 75.1 Å². The molecule has 3 heteroatoms. The highest BCUT2D eigenvalue weighted by Gasteiger charge is 2.19. The molecule has 0 aliphatic heterocycles. The number of hydrogen-bond acceptors (Lipinski definition) is 2. The van der Waals surface area contributed by atoms with Crippen LogP contribution in [0.2, 0.25) is 0 Å². The third-order valence-electron chi connectivity index (χ3n) is 10.2. The summed E-state index contributed by atoms with van der Waals surface area (Å²) in [4.78, 5) is 4.97. The van der Waals surface area contributed by atoms with Gasteiger partial charge in [-0.1, -0.05) is 134 Å². The molecule has 0 radical (unpaired) electrons. The van der Waals surface area contributed by atoms with E-state index in [-0.39, 0.29) is 0 Å². The molecule has 0 fully saturated rings. The van der Waals surface area contributed by atoms with E-state index in [1.807, 2.05) is 11.3 Å². The number of thiophene rings is 1.